The van der Waals surface area contributed by atoms with E-state index in [9.17, 15) is 0 Å². The van der Waals surface area contributed by atoms with E-state index in [1.807, 2.05) is 12.3 Å². The summed E-state index contributed by atoms with van der Waals surface area (Å²) >= 11 is 0. The molecule has 0 radical (unpaired) electrons. The van der Waals surface area contributed by atoms with Crippen molar-refractivity contribution in [3.63, 3.8) is 0 Å². The second-order valence-corrected chi connectivity index (χ2v) is 8.93. The number of rotatable bonds is 5. The highest BCUT2D eigenvalue weighted by molar-refractivity contribution is 5.53. The number of nitrogens with one attached hydrogen (secondary N) is 1. The Morgan fingerprint density at radius 3 is 2.77 bits per heavy atom. The first-order valence-corrected chi connectivity index (χ1v) is 9.56. The van der Waals surface area contributed by atoms with Crippen LogP contribution < -0.4 is 10.1 Å². The van der Waals surface area contributed by atoms with Crippen molar-refractivity contribution in [3.8, 4) is 17.3 Å². The van der Waals surface area contributed by atoms with Gasteiger partial charge >= 0.3 is 0 Å². The quantitative estimate of drug-likeness (QED) is 0.878. The summed E-state index contributed by atoms with van der Waals surface area (Å²) < 4.78 is 11.7. The molecule has 1 saturated carbocycles. The Bertz CT molecular complexity index is 783. The average Bonchev–Trinajstić information content (AvgIpc) is 3.13. The first-order valence-electron chi connectivity index (χ1n) is 9.56. The molecule has 1 aliphatic carbocycles. The maximum Gasteiger partial charge on any atom is 0.276 e. The fourth-order valence-electron chi connectivity index (χ4n) is 3.34. The zero-order valence-electron chi connectivity index (χ0n) is 16.1. The molecule has 1 N–H and O–H groups in total. The fourth-order valence-corrected chi connectivity index (χ4v) is 3.34. The molecule has 6 heteroatoms. The zero-order chi connectivity index (χ0) is 18.4. The highest BCUT2D eigenvalue weighted by atomic mass is 16.5. The summed E-state index contributed by atoms with van der Waals surface area (Å²) in [4.78, 5) is 9.10. The van der Waals surface area contributed by atoms with Crippen LogP contribution in [0.1, 0.15) is 70.7 Å². The van der Waals surface area contributed by atoms with E-state index in [0.717, 1.165) is 18.7 Å². The third kappa shape index (κ3) is 3.61. The van der Waals surface area contributed by atoms with Crippen molar-refractivity contribution in [1.82, 2.24) is 20.4 Å². The van der Waals surface area contributed by atoms with E-state index >= 15 is 0 Å². The number of hydrogen-bond acceptors (Lipinski definition) is 6. The molecule has 0 unspecified atom stereocenters. The number of pyridine rings is 1. The standard InChI is InChI=1S/C20H28N4O2/c1-19(2,3)18-23-17(26-24-18)15-10-16(14(11-21-15)13-6-7-13)25-12-20(4)8-5-9-22-20/h10-11,13,22H,5-9,12H2,1-4H3/t20-/m0/s1. The molecule has 2 aromatic rings. The van der Waals surface area contributed by atoms with Gasteiger partial charge in [-0.05, 0) is 45.1 Å². The molecule has 140 valence electrons. The maximum absolute atomic E-state index is 6.27. The molecule has 2 aliphatic rings. The van der Waals surface area contributed by atoms with Gasteiger partial charge in [0.1, 0.15) is 18.1 Å². The lowest BCUT2D eigenvalue weighted by Gasteiger charge is -2.25. The van der Waals surface area contributed by atoms with Crippen LogP contribution in [-0.2, 0) is 5.41 Å². The predicted molar refractivity (Wildman–Crippen MR) is 99.3 cm³/mol. The summed E-state index contributed by atoms with van der Waals surface area (Å²) in [7, 11) is 0. The summed E-state index contributed by atoms with van der Waals surface area (Å²) in [5.41, 5.74) is 1.77. The Labute approximate surface area is 154 Å². The van der Waals surface area contributed by atoms with Crippen molar-refractivity contribution in [2.75, 3.05) is 13.2 Å². The number of nitrogens with zero attached hydrogens (tertiary/aromatic N) is 3. The second-order valence-electron chi connectivity index (χ2n) is 8.93. The van der Waals surface area contributed by atoms with Crippen molar-refractivity contribution in [3.05, 3.63) is 23.7 Å². The van der Waals surface area contributed by atoms with Crippen LogP contribution in [0.15, 0.2) is 16.8 Å². The van der Waals surface area contributed by atoms with Gasteiger partial charge in [-0.2, -0.15) is 4.98 Å². The van der Waals surface area contributed by atoms with Crippen molar-refractivity contribution >= 4 is 0 Å². The van der Waals surface area contributed by atoms with Gasteiger partial charge in [0.05, 0.1) is 0 Å². The maximum atomic E-state index is 6.27. The molecule has 1 atom stereocenters. The largest absolute Gasteiger partial charge is 0.491 e. The lowest BCUT2D eigenvalue weighted by Crippen LogP contribution is -2.42. The Kier molecular flexibility index (Phi) is 4.26. The zero-order valence-corrected chi connectivity index (χ0v) is 16.1. The molecule has 4 rings (SSSR count). The number of aromatic nitrogens is 3. The molecule has 26 heavy (non-hydrogen) atoms. The summed E-state index contributed by atoms with van der Waals surface area (Å²) in [5.74, 6) is 2.62. The van der Waals surface area contributed by atoms with Gasteiger partial charge in [-0.15, -0.1) is 0 Å². The molecule has 3 heterocycles. The Balaban J connectivity index is 1.59. The Morgan fingerprint density at radius 1 is 1.35 bits per heavy atom. The molecular weight excluding hydrogens is 328 g/mol. The minimum absolute atomic E-state index is 0.0497. The van der Waals surface area contributed by atoms with Crippen LogP contribution in [0, 0.1) is 0 Å². The average molecular weight is 356 g/mol. The lowest BCUT2D eigenvalue weighted by molar-refractivity contribution is 0.211. The second kappa shape index (κ2) is 6.34. The van der Waals surface area contributed by atoms with E-state index in [2.05, 4.69) is 48.1 Å². The smallest absolute Gasteiger partial charge is 0.276 e. The molecule has 0 aromatic carbocycles. The number of ether oxygens (including phenoxy) is 1. The topological polar surface area (TPSA) is 73.1 Å². The summed E-state index contributed by atoms with van der Waals surface area (Å²) in [6.45, 7) is 10.1. The molecule has 2 fully saturated rings. The first kappa shape index (κ1) is 17.5. The Hall–Kier alpha value is -1.95. The molecule has 1 aliphatic heterocycles. The highest BCUT2D eigenvalue weighted by Crippen LogP contribution is 2.45. The van der Waals surface area contributed by atoms with Gasteiger partial charge in [-0.25, -0.2) is 0 Å². The number of hydrogen-bond donors (Lipinski definition) is 1. The van der Waals surface area contributed by atoms with Crippen molar-refractivity contribution in [2.45, 2.75) is 70.3 Å². The molecule has 6 nitrogen and oxygen atoms in total. The first-order chi connectivity index (χ1) is 12.3. The third-order valence-corrected chi connectivity index (χ3v) is 5.23. The van der Waals surface area contributed by atoms with Crippen LogP contribution in [0.4, 0.5) is 0 Å². The molecule has 1 saturated heterocycles. The van der Waals surface area contributed by atoms with Crippen LogP contribution >= 0.6 is 0 Å². The van der Waals surface area contributed by atoms with Gasteiger partial charge in [0.25, 0.3) is 5.89 Å². The van der Waals surface area contributed by atoms with E-state index in [0.29, 0.717) is 29.9 Å². The highest BCUT2D eigenvalue weighted by Gasteiger charge is 2.32. The fraction of sp³-hybridized carbons (Fsp3) is 0.650. The third-order valence-electron chi connectivity index (χ3n) is 5.23. The van der Waals surface area contributed by atoms with E-state index in [1.165, 1.54) is 24.8 Å². The minimum Gasteiger partial charge on any atom is -0.491 e. The summed E-state index contributed by atoms with van der Waals surface area (Å²) in [5, 5.41) is 7.66. The predicted octanol–water partition coefficient (Wildman–Crippen LogP) is 3.83. The SMILES string of the molecule is CC(C)(C)c1noc(-c2cc(OC[C@]3(C)CCCN3)c(C3CC3)cn2)n1. The van der Waals surface area contributed by atoms with Crippen LogP contribution in [0.2, 0.25) is 0 Å². The summed E-state index contributed by atoms with van der Waals surface area (Å²) in [6, 6.07) is 1.96. The van der Waals surface area contributed by atoms with Gasteiger partial charge in [-0.3, -0.25) is 4.98 Å². The van der Waals surface area contributed by atoms with Gasteiger partial charge in [0.15, 0.2) is 5.82 Å². The monoisotopic (exact) mass is 356 g/mol. The molecule has 0 amide bonds. The van der Waals surface area contributed by atoms with E-state index in [-0.39, 0.29) is 11.0 Å². The Morgan fingerprint density at radius 2 is 2.15 bits per heavy atom. The van der Waals surface area contributed by atoms with E-state index in [1.54, 1.807) is 0 Å². The van der Waals surface area contributed by atoms with Crippen LogP contribution in [-0.4, -0.2) is 33.8 Å². The van der Waals surface area contributed by atoms with Gasteiger partial charge < -0.3 is 14.6 Å². The van der Waals surface area contributed by atoms with Crippen LogP contribution in [0.3, 0.4) is 0 Å². The van der Waals surface area contributed by atoms with Crippen LogP contribution in [0.5, 0.6) is 5.75 Å². The van der Waals surface area contributed by atoms with Crippen molar-refractivity contribution in [2.24, 2.45) is 0 Å². The van der Waals surface area contributed by atoms with Gasteiger partial charge in [0.2, 0.25) is 0 Å². The molecule has 2 aromatic heterocycles. The normalized spacial score (nSPS) is 23.4. The van der Waals surface area contributed by atoms with Crippen molar-refractivity contribution in [1.29, 1.82) is 0 Å². The van der Waals surface area contributed by atoms with Crippen LogP contribution in [0.25, 0.3) is 11.6 Å². The molecular formula is C20H28N4O2. The molecule has 0 spiro atoms. The van der Waals surface area contributed by atoms with E-state index in [4.69, 9.17) is 9.26 Å². The summed E-state index contributed by atoms with van der Waals surface area (Å²) in [6.07, 6.45) is 6.69. The van der Waals surface area contributed by atoms with Crippen molar-refractivity contribution < 1.29 is 9.26 Å². The van der Waals surface area contributed by atoms with E-state index < -0.39 is 0 Å². The molecule has 0 bridgehead atoms. The van der Waals surface area contributed by atoms with Gasteiger partial charge in [-0.1, -0.05) is 25.9 Å². The van der Waals surface area contributed by atoms with Gasteiger partial charge in [0, 0.05) is 28.8 Å². The minimum atomic E-state index is -0.155. The lowest BCUT2D eigenvalue weighted by atomic mass is 9.96.